The van der Waals surface area contributed by atoms with E-state index in [-0.39, 0.29) is 15.1 Å². The van der Waals surface area contributed by atoms with Crippen molar-refractivity contribution >= 4 is 72.9 Å². The summed E-state index contributed by atoms with van der Waals surface area (Å²) in [5.41, 5.74) is 1.73. The first kappa shape index (κ1) is 27.9. The number of nitrogens with zero attached hydrogens (tertiary/aromatic N) is 2. The molecule has 206 valence electrons. The summed E-state index contributed by atoms with van der Waals surface area (Å²) in [5.74, 6) is 2.78. The second-order valence-electron chi connectivity index (χ2n) is 9.58. The molecule has 8 nitrogen and oxygen atoms in total. The maximum atomic E-state index is 12.6. The molecule has 39 heavy (non-hydrogen) atoms. The number of thiophene rings is 1. The van der Waals surface area contributed by atoms with Gasteiger partial charge in [-0.3, -0.25) is 0 Å². The summed E-state index contributed by atoms with van der Waals surface area (Å²) in [6.07, 6.45) is 3.86. The molecular weight excluding hydrogens is 577 g/mol. The largest absolute Gasteiger partial charge is 0.497 e. The summed E-state index contributed by atoms with van der Waals surface area (Å²) in [6.45, 7) is 1.14. The zero-order valence-electron chi connectivity index (χ0n) is 21.3. The van der Waals surface area contributed by atoms with Crippen molar-refractivity contribution in [2.24, 2.45) is 11.8 Å². The molecule has 0 atom stereocenters. The van der Waals surface area contributed by atoms with Gasteiger partial charge in [0.25, 0.3) is 0 Å². The van der Waals surface area contributed by atoms with Crippen molar-refractivity contribution in [1.29, 1.82) is 0 Å². The number of benzene rings is 2. The SMILES string of the molecule is COc1cccc(Nc2nc(NCC3CCC(CNS(=O)(=O)c4cc(Cl)sc4Cl)CC3)nc3ccccc23)c1. The molecule has 0 radical (unpaired) electrons. The Labute approximate surface area is 242 Å². The molecule has 0 saturated heterocycles. The lowest BCUT2D eigenvalue weighted by atomic mass is 9.82. The number of aromatic nitrogens is 2. The minimum absolute atomic E-state index is 0.0488. The summed E-state index contributed by atoms with van der Waals surface area (Å²) < 4.78 is 33.8. The van der Waals surface area contributed by atoms with E-state index in [9.17, 15) is 8.42 Å². The Morgan fingerprint density at radius 3 is 2.44 bits per heavy atom. The number of ether oxygens (including phenoxy) is 1. The van der Waals surface area contributed by atoms with Gasteiger partial charge >= 0.3 is 0 Å². The molecule has 1 saturated carbocycles. The monoisotopic (exact) mass is 605 g/mol. The van der Waals surface area contributed by atoms with Crippen LogP contribution >= 0.6 is 34.5 Å². The Balaban J connectivity index is 1.17. The number of hydrogen-bond acceptors (Lipinski definition) is 8. The van der Waals surface area contributed by atoms with Gasteiger partial charge in [0, 0.05) is 30.2 Å². The molecule has 2 aromatic carbocycles. The lowest BCUT2D eigenvalue weighted by molar-refractivity contribution is 0.284. The van der Waals surface area contributed by atoms with Crippen LogP contribution in [0.15, 0.2) is 59.5 Å². The van der Waals surface area contributed by atoms with Gasteiger partial charge in [-0.05, 0) is 67.9 Å². The molecule has 0 amide bonds. The maximum absolute atomic E-state index is 12.6. The molecular formula is C27H29Cl2N5O3S2. The van der Waals surface area contributed by atoms with Crippen LogP contribution in [-0.4, -0.2) is 38.6 Å². The zero-order valence-corrected chi connectivity index (χ0v) is 24.4. The minimum atomic E-state index is -3.68. The van der Waals surface area contributed by atoms with E-state index in [2.05, 4.69) is 15.4 Å². The van der Waals surface area contributed by atoms with Crippen molar-refractivity contribution in [3.63, 3.8) is 0 Å². The normalized spacial score (nSPS) is 17.7. The topological polar surface area (TPSA) is 105 Å². The average Bonchev–Trinajstić information content (AvgIpc) is 3.30. The Kier molecular flexibility index (Phi) is 8.78. The lowest BCUT2D eigenvalue weighted by Crippen LogP contribution is -2.32. The Bertz CT molecular complexity index is 1560. The van der Waals surface area contributed by atoms with E-state index in [4.69, 9.17) is 37.9 Å². The van der Waals surface area contributed by atoms with Crippen LogP contribution in [0.3, 0.4) is 0 Å². The zero-order chi connectivity index (χ0) is 27.4. The number of para-hydroxylation sites is 1. The van der Waals surface area contributed by atoms with E-state index in [0.717, 1.165) is 71.7 Å². The predicted octanol–water partition coefficient (Wildman–Crippen LogP) is 6.95. The number of halogens is 2. The molecule has 0 spiro atoms. The van der Waals surface area contributed by atoms with E-state index >= 15 is 0 Å². The van der Waals surface area contributed by atoms with Crippen LogP contribution in [0, 0.1) is 11.8 Å². The molecule has 0 bridgehead atoms. The molecule has 1 aliphatic carbocycles. The van der Waals surface area contributed by atoms with Gasteiger partial charge in [-0.2, -0.15) is 4.98 Å². The molecule has 0 unspecified atom stereocenters. The first-order valence-corrected chi connectivity index (χ1v) is 15.7. The quantitative estimate of drug-likeness (QED) is 0.180. The van der Waals surface area contributed by atoms with Crippen LogP contribution in [0.2, 0.25) is 8.67 Å². The van der Waals surface area contributed by atoms with Crippen LogP contribution in [-0.2, 0) is 10.0 Å². The number of hydrogen-bond donors (Lipinski definition) is 3. The van der Waals surface area contributed by atoms with Crippen molar-refractivity contribution in [2.75, 3.05) is 30.8 Å². The molecule has 0 aliphatic heterocycles. The van der Waals surface area contributed by atoms with Gasteiger partial charge in [0.15, 0.2) is 0 Å². The van der Waals surface area contributed by atoms with Crippen LogP contribution in [0.25, 0.3) is 10.9 Å². The van der Waals surface area contributed by atoms with Gasteiger partial charge in [-0.25, -0.2) is 18.1 Å². The first-order valence-electron chi connectivity index (χ1n) is 12.7. The Morgan fingerprint density at radius 1 is 0.974 bits per heavy atom. The number of anilines is 3. The van der Waals surface area contributed by atoms with Crippen LogP contribution < -0.4 is 20.1 Å². The number of rotatable bonds is 10. The lowest BCUT2D eigenvalue weighted by Gasteiger charge is -2.28. The van der Waals surface area contributed by atoms with E-state index in [1.54, 1.807) is 7.11 Å². The molecule has 3 N–H and O–H groups in total. The van der Waals surface area contributed by atoms with E-state index in [0.29, 0.717) is 22.7 Å². The summed E-state index contributed by atoms with van der Waals surface area (Å²) in [6, 6.07) is 17.0. The highest BCUT2D eigenvalue weighted by molar-refractivity contribution is 7.89. The summed E-state index contributed by atoms with van der Waals surface area (Å²) in [4.78, 5) is 9.55. The molecule has 4 aromatic rings. The fourth-order valence-electron chi connectivity index (χ4n) is 4.78. The van der Waals surface area contributed by atoms with E-state index in [1.807, 2.05) is 48.5 Å². The number of fused-ring (bicyclic) bond motifs is 1. The molecule has 12 heteroatoms. The highest BCUT2D eigenvalue weighted by atomic mass is 35.5. The Hall–Kier alpha value is -2.63. The summed E-state index contributed by atoms with van der Waals surface area (Å²) in [5, 5.41) is 7.77. The standard InChI is InChI=1S/C27H29Cl2N5O3S2/c1-37-20-6-4-5-19(13-20)32-26-21-7-2-3-8-22(21)33-27(34-26)30-15-17-9-11-18(12-10-17)16-31-39(35,36)23-14-24(28)38-25(23)29/h2-8,13-14,17-18,31H,9-12,15-16H2,1H3,(H2,30,32,33,34). The van der Waals surface area contributed by atoms with Crippen molar-refractivity contribution < 1.29 is 13.2 Å². The smallest absolute Gasteiger partial charge is 0.242 e. The fraction of sp³-hybridized carbons (Fsp3) is 0.333. The summed E-state index contributed by atoms with van der Waals surface area (Å²) >= 11 is 13.0. The highest BCUT2D eigenvalue weighted by Gasteiger charge is 2.25. The first-order chi connectivity index (χ1) is 18.8. The third-order valence-corrected chi connectivity index (χ3v) is 10.1. The van der Waals surface area contributed by atoms with Gasteiger partial charge in [0.05, 0.1) is 17.0 Å². The van der Waals surface area contributed by atoms with Gasteiger partial charge < -0.3 is 15.4 Å². The van der Waals surface area contributed by atoms with Gasteiger partial charge in [0.1, 0.15) is 20.8 Å². The third-order valence-electron chi connectivity index (χ3n) is 6.93. The molecule has 1 fully saturated rings. The van der Waals surface area contributed by atoms with Gasteiger partial charge in [0.2, 0.25) is 16.0 Å². The second-order valence-corrected chi connectivity index (χ2v) is 13.6. The molecule has 5 rings (SSSR count). The second kappa shape index (κ2) is 12.3. The van der Waals surface area contributed by atoms with E-state index in [1.165, 1.54) is 6.07 Å². The van der Waals surface area contributed by atoms with Crippen molar-refractivity contribution in [3.05, 3.63) is 63.3 Å². The molecule has 2 heterocycles. The third kappa shape index (κ3) is 6.93. The van der Waals surface area contributed by atoms with Crippen molar-refractivity contribution in [3.8, 4) is 5.75 Å². The summed E-state index contributed by atoms with van der Waals surface area (Å²) in [7, 11) is -2.03. The minimum Gasteiger partial charge on any atom is -0.497 e. The van der Waals surface area contributed by atoms with Crippen molar-refractivity contribution in [1.82, 2.24) is 14.7 Å². The highest BCUT2D eigenvalue weighted by Crippen LogP contribution is 2.35. The number of sulfonamides is 1. The number of methoxy groups -OCH3 is 1. The fourth-order valence-corrected chi connectivity index (χ4v) is 8.04. The maximum Gasteiger partial charge on any atom is 0.242 e. The van der Waals surface area contributed by atoms with E-state index < -0.39 is 10.0 Å². The van der Waals surface area contributed by atoms with Gasteiger partial charge in [-0.15, -0.1) is 11.3 Å². The average molecular weight is 607 g/mol. The van der Waals surface area contributed by atoms with Crippen LogP contribution in [0.4, 0.5) is 17.5 Å². The van der Waals surface area contributed by atoms with Crippen molar-refractivity contribution in [2.45, 2.75) is 30.6 Å². The van der Waals surface area contributed by atoms with Gasteiger partial charge in [-0.1, -0.05) is 41.4 Å². The predicted molar refractivity (Wildman–Crippen MR) is 159 cm³/mol. The van der Waals surface area contributed by atoms with Crippen LogP contribution in [0.1, 0.15) is 25.7 Å². The molecule has 2 aromatic heterocycles. The van der Waals surface area contributed by atoms with Crippen LogP contribution in [0.5, 0.6) is 5.75 Å². The molecule has 1 aliphatic rings. The Morgan fingerprint density at radius 2 is 1.72 bits per heavy atom. The number of nitrogens with one attached hydrogen (secondary N) is 3.